The second-order valence-electron chi connectivity index (χ2n) is 5.75. The number of para-hydroxylation sites is 1. The van der Waals surface area contributed by atoms with Crippen LogP contribution in [0.2, 0.25) is 0 Å². The van der Waals surface area contributed by atoms with Gasteiger partial charge >= 0.3 is 0 Å². The smallest absolute Gasteiger partial charge is 0.261 e. The monoisotopic (exact) mass is 321 g/mol. The van der Waals surface area contributed by atoms with Gasteiger partial charge in [0.25, 0.3) is 5.91 Å². The number of rotatable bonds is 8. The summed E-state index contributed by atoms with van der Waals surface area (Å²) in [7, 11) is 0. The zero-order chi connectivity index (χ0) is 15.6. The number of benzene rings is 1. The van der Waals surface area contributed by atoms with Crippen molar-refractivity contribution in [1.82, 2.24) is 5.32 Å². The lowest BCUT2D eigenvalue weighted by atomic mass is 10.0. The topological polar surface area (TPSA) is 38.3 Å². The summed E-state index contributed by atoms with van der Waals surface area (Å²) in [6, 6.07) is 9.54. The van der Waals surface area contributed by atoms with Crippen LogP contribution in [0.3, 0.4) is 0 Å². The van der Waals surface area contributed by atoms with Gasteiger partial charge in [-0.05, 0) is 31.4 Å². The average Bonchev–Trinajstić information content (AvgIpc) is 2.58. The summed E-state index contributed by atoms with van der Waals surface area (Å²) in [5, 5.41) is 3.81. The Kier molecular flexibility index (Phi) is 7.64. The van der Waals surface area contributed by atoms with Gasteiger partial charge in [0.05, 0.1) is 0 Å². The van der Waals surface area contributed by atoms with Crippen LogP contribution < -0.4 is 10.1 Å². The highest BCUT2D eigenvalue weighted by molar-refractivity contribution is 7.99. The lowest BCUT2D eigenvalue weighted by Gasteiger charge is -2.21. The van der Waals surface area contributed by atoms with Crippen molar-refractivity contribution in [3.8, 4) is 5.75 Å². The van der Waals surface area contributed by atoms with Crippen LogP contribution >= 0.6 is 11.8 Å². The van der Waals surface area contributed by atoms with Gasteiger partial charge in [0.1, 0.15) is 5.75 Å². The van der Waals surface area contributed by atoms with E-state index in [1.54, 1.807) is 0 Å². The van der Waals surface area contributed by atoms with E-state index in [1.165, 1.54) is 32.1 Å². The van der Waals surface area contributed by atoms with Crippen LogP contribution in [0.1, 0.15) is 45.4 Å². The Balaban J connectivity index is 1.66. The van der Waals surface area contributed by atoms with E-state index in [2.05, 4.69) is 5.32 Å². The molecule has 1 amide bonds. The number of nitrogens with one attached hydrogen (secondary N) is 1. The van der Waals surface area contributed by atoms with Gasteiger partial charge in [-0.2, -0.15) is 11.8 Å². The summed E-state index contributed by atoms with van der Waals surface area (Å²) in [6.45, 7) is 2.71. The first-order valence-electron chi connectivity index (χ1n) is 8.40. The summed E-state index contributed by atoms with van der Waals surface area (Å²) in [5.41, 5.74) is 0. The van der Waals surface area contributed by atoms with Crippen LogP contribution in [0.4, 0.5) is 0 Å². The summed E-state index contributed by atoms with van der Waals surface area (Å²) < 4.78 is 5.75. The third-order valence-corrected chi connectivity index (χ3v) is 5.37. The molecule has 0 spiro atoms. The van der Waals surface area contributed by atoms with E-state index >= 15 is 0 Å². The molecule has 1 atom stereocenters. The van der Waals surface area contributed by atoms with E-state index in [-0.39, 0.29) is 5.91 Å². The lowest BCUT2D eigenvalue weighted by molar-refractivity contribution is -0.127. The van der Waals surface area contributed by atoms with Gasteiger partial charge in [0.15, 0.2) is 6.10 Å². The maximum atomic E-state index is 12.2. The highest BCUT2D eigenvalue weighted by Gasteiger charge is 2.18. The van der Waals surface area contributed by atoms with Crippen molar-refractivity contribution in [2.45, 2.75) is 56.8 Å². The standard InChI is InChI=1S/C18H27NO2S/c1-2-17(21-15-9-5-3-6-10-15)18(20)19-13-14-22-16-11-7-4-8-12-16/h3,5-6,9-10,16-17H,2,4,7-8,11-14H2,1H3,(H,19,20)/t17-/m0/s1. The number of thioether (sulfide) groups is 1. The number of carbonyl (C=O) groups is 1. The van der Waals surface area contributed by atoms with Crippen molar-refractivity contribution in [3.63, 3.8) is 0 Å². The van der Waals surface area contributed by atoms with Gasteiger partial charge in [0.2, 0.25) is 0 Å². The number of hydrogen-bond donors (Lipinski definition) is 1. The quantitative estimate of drug-likeness (QED) is 0.735. The molecule has 4 heteroatoms. The van der Waals surface area contributed by atoms with Crippen molar-refractivity contribution in [3.05, 3.63) is 30.3 Å². The first-order valence-corrected chi connectivity index (χ1v) is 9.45. The largest absolute Gasteiger partial charge is 0.481 e. The molecule has 2 rings (SSSR count). The zero-order valence-electron chi connectivity index (χ0n) is 13.4. The Hall–Kier alpha value is -1.16. The summed E-state index contributed by atoms with van der Waals surface area (Å²) in [6.07, 6.45) is 7.08. The van der Waals surface area contributed by atoms with E-state index in [1.807, 2.05) is 49.0 Å². The minimum Gasteiger partial charge on any atom is -0.481 e. The fourth-order valence-corrected chi connectivity index (χ4v) is 3.95. The number of hydrogen-bond acceptors (Lipinski definition) is 3. The Bertz CT molecular complexity index is 432. The van der Waals surface area contributed by atoms with Crippen molar-refractivity contribution >= 4 is 17.7 Å². The zero-order valence-corrected chi connectivity index (χ0v) is 14.2. The molecule has 1 aromatic rings. The Labute approximate surface area is 138 Å². The van der Waals surface area contributed by atoms with Gasteiger partial charge in [-0.3, -0.25) is 4.79 Å². The number of amides is 1. The third kappa shape index (κ3) is 5.91. The molecule has 1 aliphatic carbocycles. The maximum Gasteiger partial charge on any atom is 0.261 e. The molecular formula is C18H27NO2S. The molecule has 0 aromatic heterocycles. The fraction of sp³-hybridized carbons (Fsp3) is 0.611. The molecule has 0 unspecified atom stereocenters. The molecule has 3 nitrogen and oxygen atoms in total. The van der Waals surface area contributed by atoms with E-state index < -0.39 is 6.10 Å². The van der Waals surface area contributed by atoms with Crippen LogP contribution in [0.25, 0.3) is 0 Å². The van der Waals surface area contributed by atoms with E-state index in [4.69, 9.17) is 4.74 Å². The Morgan fingerprint density at radius 2 is 2.00 bits per heavy atom. The van der Waals surface area contributed by atoms with Gasteiger partial charge in [-0.15, -0.1) is 0 Å². The maximum absolute atomic E-state index is 12.2. The van der Waals surface area contributed by atoms with Crippen LogP contribution in [-0.2, 0) is 4.79 Å². The normalized spacial score (nSPS) is 17.0. The molecule has 0 heterocycles. The molecular weight excluding hydrogens is 294 g/mol. The van der Waals surface area contributed by atoms with Gasteiger partial charge in [-0.1, -0.05) is 44.4 Å². The van der Waals surface area contributed by atoms with Crippen molar-refractivity contribution in [1.29, 1.82) is 0 Å². The minimum atomic E-state index is -0.401. The van der Waals surface area contributed by atoms with Crippen LogP contribution in [0, 0.1) is 0 Å². The second kappa shape index (κ2) is 9.78. The van der Waals surface area contributed by atoms with Crippen molar-refractivity contribution in [2.24, 2.45) is 0 Å². The van der Waals surface area contributed by atoms with E-state index in [0.717, 1.165) is 23.3 Å². The molecule has 0 radical (unpaired) electrons. The Morgan fingerprint density at radius 3 is 2.68 bits per heavy atom. The van der Waals surface area contributed by atoms with Crippen LogP contribution in [-0.4, -0.2) is 29.6 Å². The van der Waals surface area contributed by atoms with Gasteiger partial charge < -0.3 is 10.1 Å². The predicted octanol–water partition coefficient (Wildman–Crippen LogP) is 4.03. The molecule has 1 fully saturated rings. The molecule has 122 valence electrons. The van der Waals surface area contributed by atoms with E-state index in [9.17, 15) is 4.79 Å². The summed E-state index contributed by atoms with van der Waals surface area (Å²) >= 11 is 2.01. The summed E-state index contributed by atoms with van der Waals surface area (Å²) in [5.74, 6) is 1.75. The molecule has 0 aliphatic heterocycles. The molecule has 0 saturated heterocycles. The third-order valence-electron chi connectivity index (χ3n) is 3.99. The number of carbonyl (C=O) groups excluding carboxylic acids is 1. The molecule has 1 aliphatic rings. The fourth-order valence-electron chi connectivity index (χ4n) is 2.73. The molecule has 1 saturated carbocycles. The first kappa shape index (κ1) is 17.2. The first-order chi connectivity index (χ1) is 10.8. The van der Waals surface area contributed by atoms with Crippen molar-refractivity contribution in [2.75, 3.05) is 12.3 Å². The average molecular weight is 321 g/mol. The Morgan fingerprint density at radius 1 is 1.27 bits per heavy atom. The van der Waals surface area contributed by atoms with Crippen molar-refractivity contribution < 1.29 is 9.53 Å². The molecule has 22 heavy (non-hydrogen) atoms. The second-order valence-corrected chi connectivity index (χ2v) is 7.16. The van der Waals surface area contributed by atoms with Gasteiger partial charge in [-0.25, -0.2) is 0 Å². The lowest BCUT2D eigenvalue weighted by Crippen LogP contribution is -2.39. The summed E-state index contributed by atoms with van der Waals surface area (Å²) in [4.78, 5) is 12.2. The highest BCUT2D eigenvalue weighted by Crippen LogP contribution is 2.27. The highest BCUT2D eigenvalue weighted by atomic mass is 32.2. The molecule has 0 bridgehead atoms. The minimum absolute atomic E-state index is 0.00408. The number of ether oxygens (including phenoxy) is 1. The van der Waals surface area contributed by atoms with E-state index in [0.29, 0.717) is 6.42 Å². The van der Waals surface area contributed by atoms with Crippen LogP contribution in [0.15, 0.2) is 30.3 Å². The van der Waals surface area contributed by atoms with Crippen LogP contribution in [0.5, 0.6) is 5.75 Å². The predicted molar refractivity (Wildman–Crippen MR) is 93.5 cm³/mol. The van der Waals surface area contributed by atoms with Gasteiger partial charge in [0, 0.05) is 17.5 Å². The molecule has 1 N–H and O–H groups in total. The molecule has 1 aromatic carbocycles. The SMILES string of the molecule is CC[C@H](Oc1ccccc1)C(=O)NCCSC1CCCCC1.